The number of aliphatic hydroxyl groups is 1. The summed E-state index contributed by atoms with van der Waals surface area (Å²) in [5.41, 5.74) is 0.167. The molecule has 0 radical (unpaired) electrons. The van der Waals surface area contributed by atoms with Gasteiger partial charge in [-0.25, -0.2) is 9.97 Å². The number of nitrogens with zero attached hydrogens (tertiary/aromatic N) is 5. The number of ether oxygens (including phenoxy) is 1. The Balaban J connectivity index is 1.75. The molecule has 0 aliphatic rings. The SMILES string of the molecule is Cc1cccc(C(F)(F)F)c1COc1cnc(-n2ncc(CO)n2)nc1. The number of hydrogen-bond acceptors (Lipinski definition) is 6. The van der Waals surface area contributed by atoms with Crippen LogP contribution in [0.4, 0.5) is 13.2 Å². The first-order valence-corrected chi connectivity index (χ1v) is 7.51. The lowest BCUT2D eigenvalue weighted by atomic mass is 10.0. The van der Waals surface area contributed by atoms with E-state index < -0.39 is 11.7 Å². The molecule has 7 nitrogen and oxygen atoms in total. The predicted octanol–water partition coefficient (Wildman–Crippen LogP) is 2.46. The molecule has 0 unspecified atom stereocenters. The summed E-state index contributed by atoms with van der Waals surface area (Å²) in [5, 5.41) is 16.8. The second kappa shape index (κ2) is 7.08. The Morgan fingerprint density at radius 2 is 1.88 bits per heavy atom. The molecule has 0 amide bonds. The zero-order valence-corrected chi connectivity index (χ0v) is 13.6. The number of alkyl halides is 3. The molecule has 0 aliphatic carbocycles. The number of benzene rings is 1. The zero-order chi connectivity index (χ0) is 18.7. The van der Waals surface area contributed by atoms with Crippen molar-refractivity contribution in [1.29, 1.82) is 0 Å². The molecule has 2 heterocycles. The highest BCUT2D eigenvalue weighted by Crippen LogP contribution is 2.33. The molecule has 2 aromatic heterocycles. The van der Waals surface area contributed by atoms with E-state index >= 15 is 0 Å². The maximum Gasteiger partial charge on any atom is 0.416 e. The van der Waals surface area contributed by atoms with Gasteiger partial charge in [0.15, 0.2) is 5.75 Å². The molecular weight excluding hydrogens is 351 g/mol. The van der Waals surface area contributed by atoms with E-state index in [4.69, 9.17) is 9.84 Å². The number of halogens is 3. The third kappa shape index (κ3) is 3.80. The van der Waals surface area contributed by atoms with Crippen LogP contribution in [0.5, 0.6) is 5.75 Å². The van der Waals surface area contributed by atoms with Crippen molar-refractivity contribution < 1.29 is 23.0 Å². The van der Waals surface area contributed by atoms with Crippen molar-refractivity contribution in [1.82, 2.24) is 25.0 Å². The van der Waals surface area contributed by atoms with Crippen molar-refractivity contribution >= 4 is 0 Å². The molecule has 136 valence electrons. The molecule has 1 aromatic carbocycles. The number of aromatic nitrogens is 5. The molecule has 0 atom stereocenters. The van der Waals surface area contributed by atoms with Gasteiger partial charge in [-0.1, -0.05) is 12.1 Å². The summed E-state index contributed by atoms with van der Waals surface area (Å²) in [5.74, 6) is 0.351. The van der Waals surface area contributed by atoms with Crippen LogP contribution >= 0.6 is 0 Å². The predicted molar refractivity (Wildman–Crippen MR) is 83.4 cm³/mol. The highest BCUT2D eigenvalue weighted by atomic mass is 19.4. The van der Waals surface area contributed by atoms with Crippen LogP contribution in [0.3, 0.4) is 0 Å². The molecule has 1 N–H and O–H groups in total. The maximum absolute atomic E-state index is 13.1. The Hall–Kier alpha value is -3.01. The average molecular weight is 365 g/mol. The van der Waals surface area contributed by atoms with Gasteiger partial charge in [0, 0.05) is 5.56 Å². The van der Waals surface area contributed by atoms with Crippen LogP contribution in [0.15, 0.2) is 36.8 Å². The summed E-state index contributed by atoms with van der Waals surface area (Å²) in [7, 11) is 0. The lowest BCUT2D eigenvalue weighted by molar-refractivity contribution is -0.138. The lowest BCUT2D eigenvalue weighted by Crippen LogP contribution is -2.12. The van der Waals surface area contributed by atoms with Gasteiger partial charge in [-0.05, 0) is 18.6 Å². The summed E-state index contributed by atoms with van der Waals surface area (Å²) in [6, 6.07) is 3.97. The van der Waals surface area contributed by atoms with Crippen LogP contribution in [0, 0.1) is 6.92 Å². The van der Waals surface area contributed by atoms with Gasteiger partial charge in [-0.2, -0.15) is 18.3 Å². The number of aliphatic hydroxyl groups excluding tert-OH is 1. The smallest absolute Gasteiger partial charge is 0.416 e. The zero-order valence-electron chi connectivity index (χ0n) is 13.6. The Morgan fingerprint density at radius 1 is 1.15 bits per heavy atom. The first-order valence-electron chi connectivity index (χ1n) is 7.51. The molecule has 3 rings (SSSR count). The largest absolute Gasteiger partial charge is 0.486 e. The van der Waals surface area contributed by atoms with Gasteiger partial charge < -0.3 is 9.84 Å². The molecule has 0 aliphatic heterocycles. The van der Waals surface area contributed by atoms with Gasteiger partial charge in [-0.3, -0.25) is 0 Å². The van der Waals surface area contributed by atoms with Gasteiger partial charge in [0.25, 0.3) is 5.95 Å². The molecule has 3 aromatic rings. The van der Waals surface area contributed by atoms with Gasteiger partial charge in [0.05, 0.1) is 30.8 Å². The normalized spacial score (nSPS) is 11.6. The molecule has 0 saturated carbocycles. The minimum Gasteiger partial charge on any atom is -0.486 e. The van der Waals surface area contributed by atoms with Gasteiger partial charge >= 0.3 is 6.18 Å². The first kappa shape index (κ1) is 17.8. The van der Waals surface area contributed by atoms with E-state index in [-0.39, 0.29) is 30.5 Å². The topological polar surface area (TPSA) is 86.0 Å². The van der Waals surface area contributed by atoms with Crippen LogP contribution in [0.25, 0.3) is 5.95 Å². The molecule has 10 heteroatoms. The van der Waals surface area contributed by atoms with E-state index in [2.05, 4.69) is 20.2 Å². The Morgan fingerprint density at radius 3 is 2.50 bits per heavy atom. The minimum atomic E-state index is -4.46. The van der Waals surface area contributed by atoms with Gasteiger partial charge in [0.2, 0.25) is 0 Å². The first-order chi connectivity index (χ1) is 12.4. The van der Waals surface area contributed by atoms with Gasteiger partial charge in [-0.15, -0.1) is 9.90 Å². The van der Waals surface area contributed by atoms with Crippen molar-refractivity contribution in [2.45, 2.75) is 26.3 Å². The second-order valence-corrected chi connectivity index (χ2v) is 5.39. The second-order valence-electron chi connectivity index (χ2n) is 5.39. The van der Waals surface area contributed by atoms with E-state index in [0.29, 0.717) is 11.3 Å². The quantitative estimate of drug-likeness (QED) is 0.748. The summed E-state index contributed by atoms with van der Waals surface area (Å²) in [4.78, 5) is 9.12. The average Bonchev–Trinajstić information content (AvgIpc) is 3.09. The number of aryl methyl sites for hydroxylation is 1. The van der Waals surface area contributed by atoms with E-state index in [1.165, 1.54) is 24.7 Å². The Kier molecular flexibility index (Phi) is 4.85. The Bertz CT molecular complexity index is 894. The monoisotopic (exact) mass is 365 g/mol. The molecule has 0 spiro atoms. The van der Waals surface area contributed by atoms with E-state index in [1.54, 1.807) is 13.0 Å². The Labute approximate surface area is 146 Å². The minimum absolute atomic E-state index is 0.0606. The summed E-state index contributed by atoms with van der Waals surface area (Å²) < 4.78 is 44.7. The highest BCUT2D eigenvalue weighted by molar-refractivity contribution is 5.36. The highest BCUT2D eigenvalue weighted by Gasteiger charge is 2.33. The van der Waals surface area contributed by atoms with Gasteiger partial charge in [0.1, 0.15) is 12.3 Å². The van der Waals surface area contributed by atoms with Crippen LogP contribution in [-0.2, 0) is 19.4 Å². The standard InChI is InChI=1S/C16H14F3N5O2/c1-10-3-2-4-14(16(17,18)19)13(10)9-26-12-6-20-15(21-7-12)24-22-5-11(8-25)23-24/h2-7,25H,8-9H2,1H3. The molecule has 0 bridgehead atoms. The van der Waals surface area contributed by atoms with E-state index in [9.17, 15) is 13.2 Å². The fourth-order valence-corrected chi connectivity index (χ4v) is 2.27. The third-order valence-electron chi connectivity index (χ3n) is 3.59. The third-order valence-corrected chi connectivity index (χ3v) is 3.59. The van der Waals surface area contributed by atoms with Crippen molar-refractivity contribution in [3.63, 3.8) is 0 Å². The van der Waals surface area contributed by atoms with Crippen LogP contribution in [-0.4, -0.2) is 30.1 Å². The van der Waals surface area contributed by atoms with Crippen molar-refractivity contribution in [3.05, 3.63) is 59.2 Å². The van der Waals surface area contributed by atoms with Crippen LogP contribution < -0.4 is 4.74 Å². The van der Waals surface area contributed by atoms with Crippen molar-refractivity contribution in [2.24, 2.45) is 0 Å². The summed E-state index contributed by atoms with van der Waals surface area (Å²) >= 11 is 0. The van der Waals surface area contributed by atoms with E-state index in [0.717, 1.165) is 10.9 Å². The molecular formula is C16H14F3N5O2. The maximum atomic E-state index is 13.1. The summed E-state index contributed by atoms with van der Waals surface area (Å²) in [6.07, 6.45) is -0.461. The van der Waals surface area contributed by atoms with Crippen molar-refractivity contribution in [2.75, 3.05) is 0 Å². The van der Waals surface area contributed by atoms with Crippen molar-refractivity contribution in [3.8, 4) is 11.7 Å². The number of rotatable bonds is 5. The fourth-order valence-electron chi connectivity index (χ4n) is 2.27. The summed E-state index contributed by atoms with van der Waals surface area (Å²) in [6.45, 7) is 1.06. The van der Waals surface area contributed by atoms with Crippen LogP contribution in [0.2, 0.25) is 0 Å². The fraction of sp³-hybridized carbons (Fsp3) is 0.250. The van der Waals surface area contributed by atoms with Crippen LogP contribution in [0.1, 0.15) is 22.4 Å². The molecule has 0 fully saturated rings. The lowest BCUT2D eigenvalue weighted by Gasteiger charge is -2.15. The number of hydrogen-bond donors (Lipinski definition) is 1. The van der Waals surface area contributed by atoms with E-state index in [1.807, 2.05) is 0 Å². The molecule has 0 saturated heterocycles. The molecule has 26 heavy (non-hydrogen) atoms.